The molecule has 1 aromatic heterocycles. The van der Waals surface area contributed by atoms with Crippen LogP contribution in [0.2, 0.25) is 0 Å². The zero-order valence-electron chi connectivity index (χ0n) is 15.1. The highest BCUT2D eigenvalue weighted by Gasteiger charge is 2.23. The van der Waals surface area contributed by atoms with Crippen molar-refractivity contribution >= 4 is 11.8 Å². The second kappa shape index (κ2) is 8.12. The van der Waals surface area contributed by atoms with Crippen molar-refractivity contribution in [3.63, 3.8) is 0 Å². The van der Waals surface area contributed by atoms with Crippen LogP contribution < -0.4 is 10.6 Å². The second-order valence-electron chi connectivity index (χ2n) is 6.91. The van der Waals surface area contributed by atoms with E-state index >= 15 is 0 Å². The zero-order valence-corrected chi connectivity index (χ0v) is 15.1. The molecule has 0 saturated heterocycles. The Hall–Kier alpha value is -2.70. The van der Waals surface area contributed by atoms with E-state index in [0.29, 0.717) is 30.1 Å². The van der Waals surface area contributed by atoms with Crippen molar-refractivity contribution in [3.05, 3.63) is 35.7 Å². The molecule has 138 valence electrons. The van der Waals surface area contributed by atoms with Crippen molar-refractivity contribution in [1.29, 1.82) is 0 Å². The van der Waals surface area contributed by atoms with Gasteiger partial charge in [0.1, 0.15) is 0 Å². The van der Waals surface area contributed by atoms with Crippen LogP contribution in [-0.4, -0.2) is 34.5 Å². The molecule has 1 aromatic carbocycles. The molecule has 0 bridgehead atoms. The molecule has 1 heterocycles. The van der Waals surface area contributed by atoms with Crippen molar-refractivity contribution in [2.24, 2.45) is 0 Å². The summed E-state index contributed by atoms with van der Waals surface area (Å²) in [5.41, 5.74) is 2.13. The Kier molecular flexibility index (Phi) is 5.65. The van der Waals surface area contributed by atoms with Gasteiger partial charge in [0.05, 0.1) is 6.54 Å². The van der Waals surface area contributed by atoms with Gasteiger partial charge in [0.2, 0.25) is 23.5 Å². The molecule has 1 fully saturated rings. The Morgan fingerprint density at radius 1 is 1.19 bits per heavy atom. The second-order valence-corrected chi connectivity index (χ2v) is 6.91. The Labute approximate surface area is 152 Å². The molecule has 3 rings (SSSR count). The Morgan fingerprint density at radius 3 is 2.58 bits per heavy atom. The van der Waals surface area contributed by atoms with Crippen LogP contribution in [-0.2, 0) is 16.0 Å². The summed E-state index contributed by atoms with van der Waals surface area (Å²) in [5.74, 6) is 1.03. The maximum absolute atomic E-state index is 11.8. The summed E-state index contributed by atoms with van der Waals surface area (Å²) in [6, 6.07) is 8.34. The van der Waals surface area contributed by atoms with Crippen LogP contribution in [0.15, 0.2) is 28.8 Å². The van der Waals surface area contributed by atoms with Crippen LogP contribution in [0.5, 0.6) is 0 Å². The summed E-state index contributed by atoms with van der Waals surface area (Å²) < 4.78 is 5.21. The van der Waals surface area contributed by atoms with Gasteiger partial charge in [-0.1, -0.05) is 43.3 Å². The minimum atomic E-state index is -0.211. The van der Waals surface area contributed by atoms with Crippen LogP contribution in [0, 0.1) is 0 Å². The number of carbonyl (C=O) groups is 2. The molecule has 1 saturated carbocycles. The standard InChI is InChI=1S/C19H24N4O3/c1-12(2)13-3-5-14(6-4-13)19-22-18(26-23-19)10-9-16(24)20-11-17(25)21-15-7-8-15/h3-6,12,15H,7-11H2,1-2H3,(H,20,24)(H,21,25). The summed E-state index contributed by atoms with van der Waals surface area (Å²) in [4.78, 5) is 27.7. The third kappa shape index (κ3) is 5.15. The maximum Gasteiger partial charge on any atom is 0.239 e. The average molecular weight is 356 g/mol. The third-order valence-electron chi connectivity index (χ3n) is 4.26. The van der Waals surface area contributed by atoms with Gasteiger partial charge in [-0.25, -0.2) is 0 Å². The van der Waals surface area contributed by atoms with Gasteiger partial charge in [0, 0.05) is 24.4 Å². The van der Waals surface area contributed by atoms with Gasteiger partial charge >= 0.3 is 0 Å². The van der Waals surface area contributed by atoms with Crippen LogP contribution in [0.1, 0.15) is 50.5 Å². The van der Waals surface area contributed by atoms with Crippen molar-refractivity contribution in [3.8, 4) is 11.4 Å². The predicted octanol–water partition coefficient (Wildman–Crippen LogP) is 2.19. The van der Waals surface area contributed by atoms with E-state index in [4.69, 9.17) is 4.52 Å². The Bertz CT molecular complexity index is 763. The van der Waals surface area contributed by atoms with Crippen molar-refractivity contribution in [2.45, 2.75) is 51.5 Å². The van der Waals surface area contributed by atoms with Gasteiger partial charge in [-0.15, -0.1) is 0 Å². The lowest BCUT2D eigenvalue weighted by atomic mass is 10.0. The lowest BCUT2D eigenvalue weighted by Gasteiger charge is -2.05. The number of carbonyl (C=O) groups excluding carboxylic acids is 2. The molecule has 1 aliphatic carbocycles. The molecule has 0 spiro atoms. The molecule has 2 N–H and O–H groups in total. The van der Waals surface area contributed by atoms with Crippen molar-refractivity contribution in [2.75, 3.05) is 6.54 Å². The topological polar surface area (TPSA) is 97.1 Å². The number of nitrogens with one attached hydrogen (secondary N) is 2. The van der Waals surface area contributed by atoms with Crippen LogP contribution >= 0.6 is 0 Å². The molecule has 0 radical (unpaired) electrons. The van der Waals surface area contributed by atoms with E-state index in [2.05, 4.69) is 46.8 Å². The molecular weight excluding hydrogens is 332 g/mol. The van der Waals surface area contributed by atoms with Gasteiger partial charge in [-0.3, -0.25) is 9.59 Å². The molecule has 7 heteroatoms. The summed E-state index contributed by atoms with van der Waals surface area (Å²) in [6.45, 7) is 4.29. The molecule has 0 unspecified atom stereocenters. The first-order valence-corrected chi connectivity index (χ1v) is 9.00. The summed E-state index contributed by atoms with van der Waals surface area (Å²) in [7, 11) is 0. The van der Waals surface area contributed by atoms with Gasteiger partial charge in [-0.2, -0.15) is 4.98 Å². The number of benzene rings is 1. The highest BCUT2D eigenvalue weighted by Crippen LogP contribution is 2.21. The van der Waals surface area contributed by atoms with Crippen LogP contribution in [0.3, 0.4) is 0 Å². The fourth-order valence-electron chi connectivity index (χ4n) is 2.48. The van der Waals surface area contributed by atoms with E-state index in [0.717, 1.165) is 18.4 Å². The van der Waals surface area contributed by atoms with Crippen molar-refractivity contribution < 1.29 is 14.1 Å². The van der Waals surface area contributed by atoms with Crippen molar-refractivity contribution in [1.82, 2.24) is 20.8 Å². The van der Waals surface area contributed by atoms with E-state index in [1.165, 1.54) is 5.56 Å². The number of hydrogen-bond donors (Lipinski definition) is 2. The largest absolute Gasteiger partial charge is 0.352 e. The normalized spacial score (nSPS) is 13.7. The number of hydrogen-bond acceptors (Lipinski definition) is 5. The molecule has 2 aromatic rings. The Balaban J connectivity index is 1.45. The van der Waals surface area contributed by atoms with Crippen LogP contribution in [0.25, 0.3) is 11.4 Å². The van der Waals surface area contributed by atoms with Crippen LogP contribution in [0.4, 0.5) is 0 Å². The highest BCUT2D eigenvalue weighted by atomic mass is 16.5. The average Bonchev–Trinajstić information content (AvgIpc) is 3.31. The quantitative estimate of drug-likeness (QED) is 0.756. The van der Waals surface area contributed by atoms with Gasteiger partial charge < -0.3 is 15.2 Å². The number of rotatable bonds is 8. The molecule has 1 aliphatic rings. The Morgan fingerprint density at radius 2 is 1.92 bits per heavy atom. The highest BCUT2D eigenvalue weighted by molar-refractivity contribution is 5.84. The van der Waals surface area contributed by atoms with Gasteiger partial charge in [0.25, 0.3) is 0 Å². The maximum atomic E-state index is 11.8. The van der Waals surface area contributed by atoms with E-state index in [9.17, 15) is 9.59 Å². The van der Waals surface area contributed by atoms with E-state index in [1.54, 1.807) is 0 Å². The molecule has 26 heavy (non-hydrogen) atoms. The van der Waals surface area contributed by atoms with Gasteiger partial charge in [-0.05, 0) is 24.3 Å². The summed E-state index contributed by atoms with van der Waals surface area (Å²) in [6.07, 6.45) is 2.59. The van der Waals surface area contributed by atoms with E-state index in [-0.39, 0.29) is 24.8 Å². The molecule has 2 amide bonds. The number of aryl methyl sites for hydroxylation is 1. The fraction of sp³-hybridized carbons (Fsp3) is 0.474. The lowest BCUT2D eigenvalue weighted by Crippen LogP contribution is -2.37. The minimum absolute atomic E-state index is 0.00656. The van der Waals surface area contributed by atoms with Gasteiger partial charge in [0.15, 0.2) is 0 Å². The molecule has 0 atom stereocenters. The smallest absolute Gasteiger partial charge is 0.239 e. The summed E-state index contributed by atoms with van der Waals surface area (Å²) >= 11 is 0. The molecule has 0 aliphatic heterocycles. The number of nitrogens with zero attached hydrogens (tertiary/aromatic N) is 2. The molecule has 7 nitrogen and oxygen atoms in total. The van der Waals surface area contributed by atoms with E-state index in [1.807, 2.05) is 12.1 Å². The van der Waals surface area contributed by atoms with E-state index < -0.39 is 0 Å². The SMILES string of the molecule is CC(C)c1ccc(-c2noc(CCC(=O)NCC(=O)NC3CC3)n2)cc1. The molecular formula is C19H24N4O3. The first-order valence-electron chi connectivity index (χ1n) is 9.00. The predicted molar refractivity (Wildman–Crippen MR) is 96.3 cm³/mol. The zero-order chi connectivity index (χ0) is 18.5. The fourth-order valence-corrected chi connectivity index (χ4v) is 2.48. The first-order chi connectivity index (χ1) is 12.5. The monoisotopic (exact) mass is 356 g/mol. The lowest BCUT2D eigenvalue weighted by molar-refractivity contribution is -0.126. The third-order valence-corrected chi connectivity index (χ3v) is 4.26. The number of amides is 2. The minimum Gasteiger partial charge on any atom is -0.352 e. The first kappa shape index (κ1) is 18.1. The number of aromatic nitrogens is 2. The summed E-state index contributed by atoms with van der Waals surface area (Å²) in [5, 5.41) is 9.39.